The molecule has 1 N–H and O–H groups in total. The van der Waals surface area contributed by atoms with Gasteiger partial charge in [0.1, 0.15) is 5.58 Å². The zero-order valence-electron chi connectivity index (χ0n) is 10.9. The fourth-order valence-electron chi connectivity index (χ4n) is 1.71. The molecule has 0 fully saturated rings. The lowest BCUT2D eigenvalue weighted by molar-refractivity contribution is -0.136. The van der Waals surface area contributed by atoms with E-state index in [0.717, 1.165) is 12.1 Å². The number of carbonyl (C=O) groups is 1. The van der Waals surface area contributed by atoms with Gasteiger partial charge in [0.15, 0.2) is 0 Å². The molecular weight excluding hydrogens is 287 g/mol. The van der Waals surface area contributed by atoms with Crippen LogP contribution >= 0.6 is 0 Å². The van der Waals surface area contributed by atoms with Gasteiger partial charge in [-0.15, -0.1) is 0 Å². The van der Waals surface area contributed by atoms with E-state index in [1.165, 1.54) is 13.0 Å². The second-order valence-electron chi connectivity index (χ2n) is 4.42. The van der Waals surface area contributed by atoms with Crippen molar-refractivity contribution in [2.24, 2.45) is 0 Å². The van der Waals surface area contributed by atoms with Crippen molar-refractivity contribution in [3.63, 3.8) is 0 Å². The Hall–Kier alpha value is -2.57. The number of nitrogens with one attached hydrogen (secondary N) is 1. The lowest BCUT2D eigenvalue weighted by Crippen LogP contribution is -2.13. The summed E-state index contributed by atoms with van der Waals surface area (Å²) in [6, 6.07) is 3.98. The monoisotopic (exact) mass is 297 g/mol. The van der Waals surface area contributed by atoms with Gasteiger partial charge in [-0.25, -0.2) is 4.79 Å². The van der Waals surface area contributed by atoms with Gasteiger partial charge >= 0.3 is 11.8 Å². The third-order valence-corrected chi connectivity index (χ3v) is 2.70. The molecule has 0 unspecified atom stereocenters. The van der Waals surface area contributed by atoms with Crippen LogP contribution in [-0.2, 0) is 11.0 Å². The second kappa shape index (κ2) is 5.08. The highest BCUT2D eigenvalue weighted by molar-refractivity contribution is 6.03. The van der Waals surface area contributed by atoms with Crippen LogP contribution in [0, 0.1) is 0 Å². The summed E-state index contributed by atoms with van der Waals surface area (Å²) < 4.78 is 43.3. The molecule has 2 aromatic rings. The highest BCUT2D eigenvalue weighted by Gasteiger charge is 2.33. The van der Waals surface area contributed by atoms with E-state index in [4.69, 9.17) is 4.42 Å². The number of halogens is 3. The highest BCUT2D eigenvalue weighted by Crippen LogP contribution is 2.34. The average molecular weight is 297 g/mol. The number of fused-ring (bicyclic) bond motifs is 1. The SMILES string of the molecule is C=C(C)C(=O)Nc1ccc2c(C(F)(F)F)cc(=O)oc2c1. The molecule has 2 rings (SSSR count). The molecule has 0 aliphatic carbocycles. The van der Waals surface area contributed by atoms with Gasteiger partial charge in [-0.1, -0.05) is 6.58 Å². The molecule has 0 aliphatic rings. The fourth-order valence-corrected chi connectivity index (χ4v) is 1.71. The van der Waals surface area contributed by atoms with Crippen molar-refractivity contribution in [3.8, 4) is 0 Å². The summed E-state index contributed by atoms with van der Waals surface area (Å²) in [6.07, 6.45) is -4.67. The third kappa shape index (κ3) is 3.13. The maximum Gasteiger partial charge on any atom is 0.417 e. The minimum Gasteiger partial charge on any atom is -0.423 e. The first kappa shape index (κ1) is 14.8. The number of hydrogen-bond donors (Lipinski definition) is 1. The van der Waals surface area contributed by atoms with Crippen LogP contribution in [0.4, 0.5) is 18.9 Å². The quantitative estimate of drug-likeness (QED) is 0.683. The van der Waals surface area contributed by atoms with Crippen molar-refractivity contribution < 1.29 is 22.4 Å². The van der Waals surface area contributed by atoms with Crippen molar-refractivity contribution in [3.05, 3.63) is 52.4 Å². The topological polar surface area (TPSA) is 59.3 Å². The first-order valence-electron chi connectivity index (χ1n) is 5.80. The van der Waals surface area contributed by atoms with E-state index in [0.29, 0.717) is 6.07 Å². The molecule has 1 aromatic heterocycles. The molecule has 0 atom stereocenters. The van der Waals surface area contributed by atoms with Crippen molar-refractivity contribution in [2.45, 2.75) is 13.1 Å². The molecule has 0 aliphatic heterocycles. The summed E-state index contributed by atoms with van der Waals surface area (Å²) in [6.45, 7) is 4.92. The minimum atomic E-state index is -4.67. The average Bonchev–Trinajstić information content (AvgIpc) is 2.36. The van der Waals surface area contributed by atoms with Crippen molar-refractivity contribution in [2.75, 3.05) is 5.32 Å². The predicted molar refractivity (Wildman–Crippen MR) is 70.9 cm³/mol. The van der Waals surface area contributed by atoms with Crippen LogP contribution in [0.3, 0.4) is 0 Å². The maximum atomic E-state index is 12.9. The lowest BCUT2D eigenvalue weighted by atomic mass is 10.1. The van der Waals surface area contributed by atoms with E-state index < -0.39 is 23.3 Å². The molecule has 7 heteroatoms. The Bertz CT molecular complexity index is 790. The van der Waals surface area contributed by atoms with Crippen LogP contribution in [0.5, 0.6) is 0 Å². The fraction of sp³-hybridized carbons (Fsp3) is 0.143. The summed E-state index contributed by atoms with van der Waals surface area (Å²) in [5.74, 6) is -0.483. The molecular formula is C14H10F3NO3. The van der Waals surface area contributed by atoms with E-state index in [1.54, 1.807) is 0 Å². The van der Waals surface area contributed by atoms with Crippen molar-refractivity contribution in [1.29, 1.82) is 0 Å². The van der Waals surface area contributed by atoms with Crippen LogP contribution in [0.2, 0.25) is 0 Å². The van der Waals surface area contributed by atoms with E-state index in [1.807, 2.05) is 0 Å². The van der Waals surface area contributed by atoms with Gasteiger partial charge in [0.05, 0.1) is 5.56 Å². The van der Waals surface area contributed by atoms with E-state index in [2.05, 4.69) is 11.9 Å². The molecule has 110 valence electrons. The molecule has 21 heavy (non-hydrogen) atoms. The molecule has 1 aromatic carbocycles. The first-order valence-corrected chi connectivity index (χ1v) is 5.80. The Balaban J connectivity index is 2.57. The molecule has 0 saturated carbocycles. The lowest BCUT2D eigenvalue weighted by Gasteiger charge is -2.10. The molecule has 0 saturated heterocycles. The Morgan fingerprint density at radius 3 is 2.52 bits per heavy atom. The van der Waals surface area contributed by atoms with E-state index >= 15 is 0 Å². The van der Waals surface area contributed by atoms with Crippen molar-refractivity contribution >= 4 is 22.6 Å². The summed E-state index contributed by atoms with van der Waals surface area (Å²) in [4.78, 5) is 22.7. The summed E-state index contributed by atoms with van der Waals surface area (Å²) >= 11 is 0. The normalized spacial score (nSPS) is 11.4. The van der Waals surface area contributed by atoms with Gasteiger partial charge in [-0.3, -0.25) is 4.79 Å². The molecule has 0 radical (unpaired) electrons. The van der Waals surface area contributed by atoms with E-state index in [-0.39, 0.29) is 22.2 Å². The summed E-state index contributed by atoms with van der Waals surface area (Å²) in [5.41, 5.74) is -2.00. The van der Waals surface area contributed by atoms with Crippen LogP contribution in [0.15, 0.2) is 45.6 Å². The van der Waals surface area contributed by atoms with Gasteiger partial charge in [0.2, 0.25) is 0 Å². The van der Waals surface area contributed by atoms with E-state index in [9.17, 15) is 22.8 Å². The number of benzene rings is 1. The Kier molecular flexibility index (Phi) is 3.59. The molecule has 1 heterocycles. The highest BCUT2D eigenvalue weighted by atomic mass is 19.4. The zero-order chi connectivity index (χ0) is 15.8. The molecule has 4 nitrogen and oxygen atoms in total. The van der Waals surface area contributed by atoms with Gasteiger partial charge in [0, 0.05) is 28.8 Å². The number of alkyl halides is 3. The standard InChI is InChI=1S/C14H10F3NO3/c1-7(2)13(20)18-8-3-4-9-10(14(15,16)17)6-12(19)21-11(9)5-8/h3-6H,1H2,2H3,(H,18,20). The zero-order valence-corrected chi connectivity index (χ0v) is 10.9. The van der Waals surface area contributed by atoms with Crippen LogP contribution in [0.25, 0.3) is 11.0 Å². The van der Waals surface area contributed by atoms with Gasteiger partial charge in [-0.05, 0) is 19.1 Å². The smallest absolute Gasteiger partial charge is 0.417 e. The Morgan fingerprint density at radius 2 is 1.95 bits per heavy atom. The first-order chi connectivity index (χ1) is 9.68. The van der Waals surface area contributed by atoms with Crippen LogP contribution < -0.4 is 10.9 Å². The van der Waals surface area contributed by atoms with Crippen molar-refractivity contribution in [1.82, 2.24) is 0 Å². The number of amides is 1. The van der Waals surface area contributed by atoms with Gasteiger partial charge < -0.3 is 9.73 Å². The molecule has 1 amide bonds. The maximum absolute atomic E-state index is 12.9. The number of hydrogen-bond acceptors (Lipinski definition) is 3. The minimum absolute atomic E-state index is 0.206. The number of carbonyl (C=O) groups excluding carboxylic acids is 1. The largest absolute Gasteiger partial charge is 0.423 e. The van der Waals surface area contributed by atoms with Gasteiger partial charge in [-0.2, -0.15) is 13.2 Å². The predicted octanol–water partition coefficient (Wildman–Crippen LogP) is 3.33. The number of anilines is 1. The van der Waals surface area contributed by atoms with Gasteiger partial charge in [0.25, 0.3) is 5.91 Å². The third-order valence-electron chi connectivity index (χ3n) is 2.70. The Labute approximate surface area is 116 Å². The molecule has 0 spiro atoms. The van der Waals surface area contributed by atoms with Crippen LogP contribution in [-0.4, -0.2) is 5.91 Å². The summed E-state index contributed by atoms with van der Waals surface area (Å²) in [5, 5.41) is 2.18. The number of rotatable bonds is 2. The second-order valence-corrected chi connectivity index (χ2v) is 4.42. The summed E-state index contributed by atoms with van der Waals surface area (Å²) in [7, 11) is 0. The van der Waals surface area contributed by atoms with Crippen LogP contribution in [0.1, 0.15) is 12.5 Å². The Morgan fingerprint density at radius 1 is 1.29 bits per heavy atom. The molecule has 0 bridgehead atoms.